The molecule has 4 nitrogen and oxygen atoms in total. The van der Waals surface area contributed by atoms with Gasteiger partial charge in [0, 0.05) is 43.7 Å². The summed E-state index contributed by atoms with van der Waals surface area (Å²) in [5.41, 5.74) is 7.94. The number of nitrogens with one attached hydrogen (secondary N) is 1. The molecule has 164 valence electrons. The molecule has 0 aliphatic heterocycles. The number of rotatable bonds is 2. The van der Waals surface area contributed by atoms with Gasteiger partial charge in [-0.15, -0.1) is 0 Å². The van der Waals surface area contributed by atoms with E-state index in [2.05, 4.69) is 119 Å². The van der Waals surface area contributed by atoms with Crippen molar-refractivity contribution >= 4 is 54.5 Å². The zero-order valence-electron chi connectivity index (χ0n) is 18.8. The van der Waals surface area contributed by atoms with E-state index in [0.29, 0.717) is 0 Å². The number of hydrogen-bond acceptors (Lipinski definition) is 1. The molecule has 0 fully saturated rings. The fraction of sp³-hybridized carbons (Fsp3) is 0. The number of para-hydroxylation sites is 3. The van der Waals surface area contributed by atoms with Crippen LogP contribution in [0.5, 0.6) is 0 Å². The first-order valence-electron chi connectivity index (χ1n) is 11.8. The summed E-state index contributed by atoms with van der Waals surface area (Å²) in [6, 6.07) is 38.6. The topological polar surface area (TPSA) is 38.5 Å². The van der Waals surface area contributed by atoms with Gasteiger partial charge in [-0.3, -0.25) is 0 Å². The van der Waals surface area contributed by atoms with Gasteiger partial charge in [-0.25, -0.2) is 4.68 Å². The van der Waals surface area contributed by atoms with Crippen LogP contribution in [-0.2, 0) is 0 Å². The minimum Gasteiger partial charge on any atom is -0.354 e. The smallest absolute Gasteiger partial charge is 0.0762 e. The number of hydrogen-bond donors (Lipinski definition) is 1. The number of aromatic amines is 1. The van der Waals surface area contributed by atoms with Gasteiger partial charge in [-0.2, -0.15) is 5.10 Å². The molecule has 0 saturated heterocycles. The van der Waals surface area contributed by atoms with Gasteiger partial charge in [0.2, 0.25) is 0 Å². The molecular formula is C31H20N4. The zero-order valence-corrected chi connectivity index (χ0v) is 18.8. The van der Waals surface area contributed by atoms with Crippen LogP contribution < -0.4 is 0 Å². The summed E-state index contributed by atoms with van der Waals surface area (Å²) in [6.07, 6.45) is 2.01. The Morgan fingerprint density at radius 1 is 0.514 bits per heavy atom. The van der Waals surface area contributed by atoms with Gasteiger partial charge in [0.15, 0.2) is 0 Å². The van der Waals surface area contributed by atoms with Crippen molar-refractivity contribution in [2.75, 3.05) is 0 Å². The summed E-state index contributed by atoms with van der Waals surface area (Å²) in [4.78, 5) is 3.56. The number of aromatic nitrogens is 4. The third-order valence-electron chi connectivity index (χ3n) is 7.13. The highest BCUT2D eigenvalue weighted by Gasteiger charge is 2.17. The Morgan fingerprint density at radius 3 is 2.17 bits per heavy atom. The summed E-state index contributed by atoms with van der Waals surface area (Å²) < 4.78 is 4.41. The van der Waals surface area contributed by atoms with Crippen molar-refractivity contribution in [2.45, 2.75) is 0 Å². The predicted octanol–water partition coefficient (Wildman–Crippen LogP) is 7.76. The van der Waals surface area contributed by atoms with Gasteiger partial charge in [-0.1, -0.05) is 60.7 Å². The second-order valence-electron chi connectivity index (χ2n) is 9.04. The minimum atomic E-state index is 1.04. The van der Waals surface area contributed by atoms with E-state index in [9.17, 15) is 0 Å². The van der Waals surface area contributed by atoms with E-state index in [4.69, 9.17) is 5.10 Å². The van der Waals surface area contributed by atoms with Gasteiger partial charge in [0.25, 0.3) is 0 Å². The highest BCUT2D eigenvalue weighted by Crippen LogP contribution is 2.37. The van der Waals surface area contributed by atoms with Crippen LogP contribution in [0, 0.1) is 0 Å². The van der Waals surface area contributed by atoms with Crippen molar-refractivity contribution in [3.05, 3.63) is 115 Å². The molecule has 4 heteroatoms. The molecule has 0 atom stereocenters. The largest absolute Gasteiger partial charge is 0.354 e. The lowest BCUT2D eigenvalue weighted by atomic mass is 10.1. The van der Waals surface area contributed by atoms with Crippen molar-refractivity contribution in [3.63, 3.8) is 0 Å². The van der Waals surface area contributed by atoms with E-state index in [1.54, 1.807) is 0 Å². The maximum absolute atomic E-state index is 4.87. The summed E-state index contributed by atoms with van der Waals surface area (Å²) in [6.45, 7) is 0. The third-order valence-corrected chi connectivity index (χ3v) is 7.13. The SMILES string of the molecule is c1ccc(-n2c3ccccc3c3ccc4c(cnn4-c4ccc5c(c4)[nH]c4ccccc45)c32)cc1. The number of H-pyrrole nitrogens is 1. The van der Waals surface area contributed by atoms with Crippen LogP contribution in [0.15, 0.2) is 115 Å². The van der Waals surface area contributed by atoms with E-state index in [0.717, 1.165) is 33.3 Å². The lowest BCUT2D eigenvalue weighted by molar-refractivity contribution is 0.912. The first-order valence-corrected chi connectivity index (χ1v) is 11.8. The molecule has 0 spiro atoms. The molecule has 1 N–H and O–H groups in total. The highest BCUT2D eigenvalue weighted by atomic mass is 15.3. The van der Waals surface area contributed by atoms with Gasteiger partial charge in [0.1, 0.15) is 0 Å². The Balaban J connectivity index is 1.43. The van der Waals surface area contributed by atoms with Crippen LogP contribution in [0.4, 0.5) is 0 Å². The molecule has 3 heterocycles. The summed E-state index contributed by atoms with van der Waals surface area (Å²) in [5, 5.41) is 11.0. The summed E-state index contributed by atoms with van der Waals surface area (Å²) in [5.74, 6) is 0. The van der Waals surface area contributed by atoms with E-state index in [1.807, 2.05) is 10.9 Å². The molecule has 8 aromatic rings. The first-order chi connectivity index (χ1) is 17.4. The molecule has 5 aromatic carbocycles. The lowest BCUT2D eigenvalue weighted by Crippen LogP contribution is -1.96. The quantitative estimate of drug-likeness (QED) is 0.288. The van der Waals surface area contributed by atoms with E-state index in [1.165, 1.54) is 32.6 Å². The second-order valence-corrected chi connectivity index (χ2v) is 9.04. The summed E-state index contributed by atoms with van der Waals surface area (Å²) in [7, 11) is 0. The van der Waals surface area contributed by atoms with Gasteiger partial charge >= 0.3 is 0 Å². The fourth-order valence-corrected chi connectivity index (χ4v) is 5.59. The zero-order chi connectivity index (χ0) is 22.9. The lowest BCUT2D eigenvalue weighted by Gasteiger charge is -2.09. The second kappa shape index (κ2) is 6.84. The minimum absolute atomic E-state index is 1.04. The normalized spacial score (nSPS) is 12.0. The van der Waals surface area contributed by atoms with Crippen molar-refractivity contribution < 1.29 is 0 Å². The molecule has 8 rings (SSSR count). The van der Waals surface area contributed by atoms with E-state index in [-0.39, 0.29) is 0 Å². The van der Waals surface area contributed by atoms with Crippen LogP contribution >= 0.6 is 0 Å². The average molecular weight is 449 g/mol. The molecule has 0 saturated carbocycles. The number of fused-ring (bicyclic) bond motifs is 8. The van der Waals surface area contributed by atoms with E-state index < -0.39 is 0 Å². The molecule has 0 unspecified atom stereocenters. The van der Waals surface area contributed by atoms with Gasteiger partial charge in [0.05, 0.1) is 28.4 Å². The Morgan fingerprint density at radius 2 is 1.26 bits per heavy atom. The van der Waals surface area contributed by atoms with Crippen LogP contribution in [0.2, 0.25) is 0 Å². The van der Waals surface area contributed by atoms with Crippen molar-refractivity contribution in [1.82, 2.24) is 19.3 Å². The average Bonchev–Trinajstić information content (AvgIpc) is 3.60. The molecule has 3 aromatic heterocycles. The maximum atomic E-state index is 4.87. The van der Waals surface area contributed by atoms with Crippen LogP contribution in [0.3, 0.4) is 0 Å². The molecular weight excluding hydrogens is 428 g/mol. The fourth-order valence-electron chi connectivity index (χ4n) is 5.59. The Kier molecular flexibility index (Phi) is 3.63. The Bertz CT molecular complexity index is 2050. The maximum Gasteiger partial charge on any atom is 0.0762 e. The molecule has 0 bridgehead atoms. The molecule has 35 heavy (non-hydrogen) atoms. The number of nitrogens with zero attached hydrogens (tertiary/aromatic N) is 3. The Labute approximate surface area is 200 Å². The molecule has 0 radical (unpaired) electrons. The first kappa shape index (κ1) is 18.6. The standard InChI is InChI=1S/C31H20N4/c1-2-8-20(9-3-1)34-29-13-7-5-11-24(29)25-16-17-30-26(31(25)34)19-32-35(30)21-14-15-23-22-10-4-6-12-27(22)33-28(23)18-21/h1-19,33H. The highest BCUT2D eigenvalue weighted by molar-refractivity contribution is 6.18. The number of benzene rings is 5. The monoisotopic (exact) mass is 448 g/mol. The predicted molar refractivity (Wildman–Crippen MR) is 145 cm³/mol. The van der Waals surface area contributed by atoms with Gasteiger partial charge < -0.3 is 9.55 Å². The molecule has 0 amide bonds. The van der Waals surface area contributed by atoms with Crippen LogP contribution in [-0.4, -0.2) is 19.3 Å². The van der Waals surface area contributed by atoms with Crippen LogP contribution in [0.25, 0.3) is 65.9 Å². The van der Waals surface area contributed by atoms with Crippen molar-refractivity contribution in [3.8, 4) is 11.4 Å². The third kappa shape index (κ3) is 2.53. The van der Waals surface area contributed by atoms with Crippen molar-refractivity contribution in [2.24, 2.45) is 0 Å². The Hall–Kier alpha value is -4.83. The van der Waals surface area contributed by atoms with Gasteiger partial charge in [-0.05, 0) is 48.5 Å². The molecule has 0 aliphatic rings. The van der Waals surface area contributed by atoms with E-state index >= 15 is 0 Å². The van der Waals surface area contributed by atoms with Crippen LogP contribution in [0.1, 0.15) is 0 Å². The summed E-state index contributed by atoms with van der Waals surface area (Å²) >= 11 is 0. The molecule has 0 aliphatic carbocycles. The van der Waals surface area contributed by atoms with Crippen molar-refractivity contribution in [1.29, 1.82) is 0 Å².